The molecule has 1 aliphatic carbocycles. The van der Waals surface area contributed by atoms with Crippen molar-refractivity contribution < 1.29 is 10.7 Å². The maximum absolute atomic E-state index is 12.3. The number of aromatic nitrogens is 3. The van der Waals surface area contributed by atoms with E-state index in [0.29, 0.717) is 11.7 Å². The van der Waals surface area contributed by atoms with E-state index in [1.165, 1.54) is 6.42 Å². The summed E-state index contributed by atoms with van der Waals surface area (Å²) in [5.74, 6) is 2.90. The maximum Gasteiger partial charge on any atom is 0.225 e. The van der Waals surface area contributed by atoms with Gasteiger partial charge < -0.3 is 14.7 Å². The van der Waals surface area contributed by atoms with Gasteiger partial charge in [0.15, 0.2) is 0 Å². The summed E-state index contributed by atoms with van der Waals surface area (Å²) in [7, 11) is 0. The van der Waals surface area contributed by atoms with E-state index in [9.17, 15) is 4.79 Å². The van der Waals surface area contributed by atoms with Crippen molar-refractivity contribution >= 4 is 11.7 Å². The summed E-state index contributed by atoms with van der Waals surface area (Å²) in [6.07, 6.45) is 4.30. The van der Waals surface area contributed by atoms with Gasteiger partial charge in [-0.1, -0.05) is 25.4 Å². The Morgan fingerprint density at radius 2 is 1.86 bits per heavy atom. The van der Waals surface area contributed by atoms with Gasteiger partial charge in [-0.3, -0.25) is 4.79 Å². The topological polar surface area (TPSA) is 84.2 Å². The molecule has 1 saturated carbocycles. The van der Waals surface area contributed by atoms with Gasteiger partial charge in [0.2, 0.25) is 5.91 Å². The standard InChI is InChI=1S/C19H25N5O2.C3H8.H2/c1-10-17(16-11(2)23-26-12(16)3)20-13(4)21-18(10)22-15-7-8-24(9-15)19(25)14-5-6-14;1-3-2;/h14-15H,5-9H2,1-4H3,(H,20,21,22);3H2,1-2H3;1H. The zero-order valence-electron chi connectivity index (χ0n) is 18.5. The molecule has 3 heterocycles. The maximum atomic E-state index is 12.3. The number of amides is 1. The minimum absolute atomic E-state index is 0. The van der Waals surface area contributed by atoms with Gasteiger partial charge in [0.25, 0.3) is 0 Å². The fourth-order valence-electron chi connectivity index (χ4n) is 3.69. The third-order valence-corrected chi connectivity index (χ3v) is 5.30. The van der Waals surface area contributed by atoms with Gasteiger partial charge in [0.05, 0.1) is 17.0 Å². The Balaban J connectivity index is 0.000000757. The van der Waals surface area contributed by atoms with Crippen molar-refractivity contribution in [1.82, 2.24) is 20.0 Å². The van der Waals surface area contributed by atoms with E-state index in [-0.39, 0.29) is 13.4 Å². The molecule has 7 nitrogen and oxygen atoms in total. The van der Waals surface area contributed by atoms with Crippen LogP contribution in [0.5, 0.6) is 0 Å². The van der Waals surface area contributed by atoms with E-state index in [0.717, 1.165) is 66.4 Å². The number of anilines is 1. The largest absolute Gasteiger partial charge is 0.365 e. The second-order valence-electron chi connectivity index (χ2n) is 8.19. The minimum atomic E-state index is 0. The van der Waals surface area contributed by atoms with Crippen LogP contribution in [0.1, 0.15) is 63.8 Å². The van der Waals surface area contributed by atoms with Crippen molar-refractivity contribution in [3.63, 3.8) is 0 Å². The predicted molar refractivity (Wildman–Crippen MR) is 116 cm³/mol. The number of aryl methyl sites for hydroxylation is 3. The van der Waals surface area contributed by atoms with Gasteiger partial charge in [-0.15, -0.1) is 0 Å². The molecule has 2 aromatic heterocycles. The molecule has 29 heavy (non-hydrogen) atoms. The summed E-state index contributed by atoms with van der Waals surface area (Å²) in [5.41, 5.74) is 3.61. The van der Waals surface area contributed by atoms with E-state index >= 15 is 0 Å². The van der Waals surface area contributed by atoms with Crippen LogP contribution in [0.15, 0.2) is 4.52 Å². The van der Waals surface area contributed by atoms with Crippen LogP contribution in [0.25, 0.3) is 11.3 Å². The average molecular weight is 402 g/mol. The first-order chi connectivity index (χ1) is 13.8. The Morgan fingerprint density at radius 1 is 1.17 bits per heavy atom. The average Bonchev–Trinajstić information content (AvgIpc) is 3.34. The molecule has 1 unspecified atom stereocenters. The zero-order chi connectivity index (χ0) is 21.1. The summed E-state index contributed by atoms with van der Waals surface area (Å²) in [5, 5.41) is 7.59. The van der Waals surface area contributed by atoms with Crippen molar-refractivity contribution in [3.8, 4) is 11.3 Å². The van der Waals surface area contributed by atoms with Crippen molar-refractivity contribution in [3.05, 3.63) is 22.8 Å². The SMILES string of the molecule is CCC.Cc1nc(NC2CCN(C(=O)C3CC3)C2)c(C)c(-c2c(C)noc2C)n1.[HH]. The highest BCUT2D eigenvalue weighted by atomic mass is 16.5. The zero-order valence-corrected chi connectivity index (χ0v) is 18.5. The third kappa shape index (κ3) is 4.77. The number of nitrogens with one attached hydrogen (secondary N) is 1. The van der Waals surface area contributed by atoms with E-state index < -0.39 is 0 Å². The summed E-state index contributed by atoms with van der Waals surface area (Å²) in [4.78, 5) is 23.5. The molecule has 160 valence electrons. The Bertz CT molecular complexity index is 859. The number of carbonyl (C=O) groups excluding carboxylic acids is 1. The molecule has 4 rings (SSSR count). The number of hydrogen-bond acceptors (Lipinski definition) is 6. The minimum Gasteiger partial charge on any atom is -0.365 e. The van der Waals surface area contributed by atoms with Crippen molar-refractivity contribution in [2.24, 2.45) is 5.92 Å². The van der Waals surface area contributed by atoms with Crippen LogP contribution in [0.3, 0.4) is 0 Å². The third-order valence-electron chi connectivity index (χ3n) is 5.30. The molecule has 2 aliphatic rings. The highest BCUT2D eigenvalue weighted by Gasteiger charge is 2.36. The van der Waals surface area contributed by atoms with Gasteiger partial charge in [-0.2, -0.15) is 0 Å². The van der Waals surface area contributed by atoms with Gasteiger partial charge in [-0.25, -0.2) is 9.97 Å². The molecule has 0 radical (unpaired) electrons. The Kier molecular flexibility index (Phi) is 6.55. The summed E-state index contributed by atoms with van der Waals surface area (Å²) < 4.78 is 5.31. The summed E-state index contributed by atoms with van der Waals surface area (Å²) >= 11 is 0. The van der Waals surface area contributed by atoms with Crippen LogP contribution < -0.4 is 5.32 Å². The number of nitrogens with zero attached hydrogens (tertiary/aromatic N) is 4. The fraction of sp³-hybridized carbons (Fsp3) is 0.636. The van der Waals surface area contributed by atoms with Crippen molar-refractivity contribution in [2.75, 3.05) is 18.4 Å². The molecule has 1 saturated heterocycles. The normalized spacial score (nSPS) is 18.4. The Hall–Kier alpha value is -2.44. The van der Waals surface area contributed by atoms with Crippen LogP contribution in [-0.2, 0) is 4.79 Å². The van der Waals surface area contributed by atoms with E-state index in [1.807, 2.05) is 32.6 Å². The second-order valence-corrected chi connectivity index (χ2v) is 8.19. The molecule has 1 amide bonds. The van der Waals surface area contributed by atoms with Crippen LogP contribution >= 0.6 is 0 Å². The van der Waals surface area contributed by atoms with Crippen molar-refractivity contribution in [2.45, 2.75) is 73.3 Å². The monoisotopic (exact) mass is 401 g/mol. The number of carbonyl (C=O) groups is 1. The lowest BCUT2D eigenvalue weighted by Crippen LogP contribution is -2.32. The van der Waals surface area contributed by atoms with Gasteiger partial charge in [0.1, 0.15) is 17.4 Å². The molecule has 7 heteroatoms. The molecule has 1 atom stereocenters. The van der Waals surface area contributed by atoms with Gasteiger partial charge in [0, 0.05) is 32.0 Å². The quantitative estimate of drug-likeness (QED) is 0.815. The molecule has 0 aromatic carbocycles. The molecule has 0 bridgehead atoms. The molecule has 0 spiro atoms. The van der Waals surface area contributed by atoms with E-state index in [4.69, 9.17) is 4.52 Å². The molecule has 2 aromatic rings. The van der Waals surface area contributed by atoms with Crippen LogP contribution in [0, 0.1) is 33.6 Å². The molecular weight excluding hydrogens is 366 g/mol. The summed E-state index contributed by atoms with van der Waals surface area (Å²) in [6.45, 7) is 13.6. The lowest BCUT2D eigenvalue weighted by atomic mass is 10.1. The number of likely N-dealkylation sites (tertiary alicyclic amines) is 1. The molecule has 1 aliphatic heterocycles. The summed E-state index contributed by atoms with van der Waals surface area (Å²) in [6, 6.07) is 0.225. The first kappa shape index (κ1) is 21.3. The number of hydrogen-bond donors (Lipinski definition) is 1. The lowest BCUT2D eigenvalue weighted by Gasteiger charge is -2.19. The van der Waals surface area contributed by atoms with Crippen molar-refractivity contribution in [1.29, 1.82) is 0 Å². The molecular formula is C22H35N5O2. The Labute approximate surface area is 174 Å². The van der Waals surface area contributed by atoms with Gasteiger partial charge >= 0.3 is 0 Å². The van der Waals surface area contributed by atoms with Crippen LogP contribution in [-0.4, -0.2) is 45.1 Å². The highest BCUT2D eigenvalue weighted by Crippen LogP contribution is 2.33. The molecule has 2 fully saturated rings. The van der Waals surface area contributed by atoms with Crippen LogP contribution in [0.4, 0.5) is 5.82 Å². The first-order valence-electron chi connectivity index (χ1n) is 10.7. The smallest absolute Gasteiger partial charge is 0.225 e. The van der Waals surface area contributed by atoms with Gasteiger partial charge in [-0.05, 0) is 47.0 Å². The highest BCUT2D eigenvalue weighted by molar-refractivity contribution is 5.81. The second kappa shape index (κ2) is 8.93. The lowest BCUT2D eigenvalue weighted by molar-refractivity contribution is -0.131. The molecule has 1 N–H and O–H groups in total. The van der Waals surface area contributed by atoms with E-state index in [2.05, 4.69) is 34.3 Å². The first-order valence-corrected chi connectivity index (χ1v) is 10.7. The predicted octanol–water partition coefficient (Wildman–Crippen LogP) is 4.45. The van der Waals surface area contributed by atoms with E-state index in [1.54, 1.807) is 0 Å². The number of rotatable bonds is 4. The Morgan fingerprint density at radius 3 is 2.45 bits per heavy atom. The fourth-order valence-corrected chi connectivity index (χ4v) is 3.69. The van der Waals surface area contributed by atoms with Crippen LogP contribution in [0.2, 0.25) is 0 Å².